The van der Waals surface area contributed by atoms with Crippen LogP contribution in [-0.2, 0) is 10.2 Å². The lowest BCUT2D eigenvalue weighted by molar-refractivity contribution is -0.122. The van der Waals surface area contributed by atoms with Gasteiger partial charge in [0.2, 0.25) is 11.8 Å². The Bertz CT molecular complexity index is 667. The van der Waals surface area contributed by atoms with Crippen LogP contribution in [0.2, 0.25) is 0 Å². The second kappa shape index (κ2) is 6.79. The molecular weight excluding hydrogens is 290 g/mol. The summed E-state index contributed by atoms with van der Waals surface area (Å²) in [6.07, 6.45) is 3.18. The average molecular weight is 311 g/mol. The van der Waals surface area contributed by atoms with Gasteiger partial charge >= 0.3 is 0 Å². The first kappa shape index (κ1) is 15.5. The van der Waals surface area contributed by atoms with Gasteiger partial charge in [-0.3, -0.25) is 4.79 Å². The number of aromatic nitrogens is 1. The van der Waals surface area contributed by atoms with Gasteiger partial charge in [0.05, 0.1) is 12.5 Å². The number of anilines is 1. The third-order valence-corrected chi connectivity index (χ3v) is 4.43. The number of amides is 1. The van der Waals surface area contributed by atoms with E-state index in [2.05, 4.69) is 15.6 Å². The van der Waals surface area contributed by atoms with Gasteiger partial charge in [-0.2, -0.15) is 0 Å². The molecule has 1 saturated heterocycles. The van der Waals surface area contributed by atoms with E-state index in [1.165, 1.54) is 0 Å². The normalized spacial score (nSPS) is 16.6. The molecule has 5 nitrogen and oxygen atoms in total. The van der Waals surface area contributed by atoms with Gasteiger partial charge in [0.15, 0.2) is 0 Å². The number of hydrogen-bond acceptors (Lipinski definition) is 4. The number of nitrogens with one attached hydrogen (secondary N) is 2. The van der Waals surface area contributed by atoms with Crippen LogP contribution in [-0.4, -0.2) is 31.1 Å². The highest BCUT2D eigenvalue weighted by Gasteiger charge is 2.41. The summed E-state index contributed by atoms with van der Waals surface area (Å²) in [5.41, 5.74) is 1.14. The minimum Gasteiger partial charge on any atom is -0.480 e. The van der Waals surface area contributed by atoms with Crippen molar-refractivity contribution < 1.29 is 9.53 Å². The molecule has 1 aromatic carbocycles. The van der Waals surface area contributed by atoms with Crippen molar-refractivity contribution in [1.29, 1.82) is 0 Å². The highest BCUT2D eigenvalue weighted by Crippen LogP contribution is 2.35. The van der Waals surface area contributed by atoms with Crippen LogP contribution >= 0.6 is 0 Å². The van der Waals surface area contributed by atoms with Gasteiger partial charge in [0, 0.05) is 6.20 Å². The number of nitrogens with zero attached hydrogens (tertiary/aromatic N) is 1. The molecule has 3 rings (SSSR count). The molecule has 0 bridgehead atoms. The van der Waals surface area contributed by atoms with E-state index in [0.29, 0.717) is 11.6 Å². The molecule has 5 heteroatoms. The van der Waals surface area contributed by atoms with Crippen LogP contribution in [0.5, 0.6) is 5.88 Å². The highest BCUT2D eigenvalue weighted by atomic mass is 16.5. The molecule has 0 spiro atoms. The van der Waals surface area contributed by atoms with Gasteiger partial charge in [-0.05, 0) is 43.6 Å². The van der Waals surface area contributed by atoms with E-state index < -0.39 is 5.41 Å². The first-order chi connectivity index (χ1) is 11.3. The summed E-state index contributed by atoms with van der Waals surface area (Å²) in [6.45, 7) is 1.65. The molecular formula is C18H21N3O2. The van der Waals surface area contributed by atoms with Crippen molar-refractivity contribution in [3.05, 3.63) is 54.2 Å². The van der Waals surface area contributed by atoms with E-state index in [0.717, 1.165) is 31.5 Å². The second-order valence-electron chi connectivity index (χ2n) is 5.71. The molecule has 2 heterocycles. The number of benzene rings is 1. The summed E-state index contributed by atoms with van der Waals surface area (Å²) in [4.78, 5) is 17.3. The van der Waals surface area contributed by atoms with Crippen LogP contribution < -0.4 is 15.4 Å². The maximum Gasteiger partial charge on any atom is 0.237 e. The van der Waals surface area contributed by atoms with E-state index in [1.807, 2.05) is 36.4 Å². The number of carbonyl (C=O) groups excluding carboxylic acids is 1. The smallest absolute Gasteiger partial charge is 0.237 e. The summed E-state index contributed by atoms with van der Waals surface area (Å²) < 4.78 is 5.23. The summed E-state index contributed by atoms with van der Waals surface area (Å²) >= 11 is 0. The third kappa shape index (κ3) is 3.05. The maximum absolute atomic E-state index is 13.1. The molecule has 0 saturated carbocycles. The van der Waals surface area contributed by atoms with Crippen molar-refractivity contribution in [3.63, 3.8) is 0 Å². The average Bonchev–Trinajstić information content (AvgIpc) is 2.63. The largest absolute Gasteiger partial charge is 0.480 e. The fourth-order valence-electron chi connectivity index (χ4n) is 3.15. The van der Waals surface area contributed by atoms with Crippen molar-refractivity contribution in [2.24, 2.45) is 0 Å². The Balaban J connectivity index is 1.92. The van der Waals surface area contributed by atoms with Crippen molar-refractivity contribution in [2.75, 3.05) is 25.5 Å². The molecule has 1 fully saturated rings. The topological polar surface area (TPSA) is 63.2 Å². The predicted molar refractivity (Wildman–Crippen MR) is 89.6 cm³/mol. The first-order valence-corrected chi connectivity index (χ1v) is 7.83. The quantitative estimate of drug-likeness (QED) is 0.910. The lowest BCUT2D eigenvalue weighted by atomic mass is 9.72. The lowest BCUT2D eigenvalue weighted by Gasteiger charge is -2.36. The van der Waals surface area contributed by atoms with Crippen molar-refractivity contribution in [1.82, 2.24) is 10.3 Å². The predicted octanol–water partition coefficient (Wildman–Crippen LogP) is 2.35. The molecule has 2 aromatic rings. The summed E-state index contributed by atoms with van der Waals surface area (Å²) in [5, 5.41) is 6.35. The molecule has 120 valence electrons. The minimum absolute atomic E-state index is 0.00324. The van der Waals surface area contributed by atoms with Crippen molar-refractivity contribution in [2.45, 2.75) is 18.3 Å². The molecule has 1 amide bonds. The van der Waals surface area contributed by atoms with Crippen LogP contribution in [0.15, 0.2) is 48.7 Å². The van der Waals surface area contributed by atoms with Crippen molar-refractivity contribution >= 4 is 11.6 Å². The van der Waals surface area contributed by atoms with Gasteiger partial charge in [-0.1, -0.05) is 30.3 Å². The SMILES string of the molecule is COc1ncccc1NC(=O)C1(c2ccccc2)CCNCC1. The Kier molecular flexibility index (Phi) is 4.57. The summed E-state index contributed by atoms with van der Waals surface area (Å²) in [6, 6.07) is 13.6. The fraction of sp³-hybridized carbons (Fsp3) is 0.333. The van der Waals surface area contributed by atoms with E-state index in [4.69, 9.17) is 4.74 Å². The number of methoxy groups -OCH3 is 1. The van der Waals surface area contributed by atoms with Crippen LogP contribution in [0, 0.1) is 0 Å². The van der Waals surface area contributed by atoms with E-state index in [1.54, 1.807) is 19.4 Å². The van der Waals surface area contributed by atoms with Gasteiger partial charge < -0.3 is 15.4 Å². The Labute approximate surface area is 136 Å². The molecule has 1 aliphatic rings. The summed E-state index contributed by atoms with van der Waals surface area (Å²) in [7, 11) is 1.55. The Morgan fingerprint density at radius 3 is 2.61 bits per heavy atom. The molecule has 23 heavy (non-hydrogen) atoms. The van der Waals surface area contributed by atoms with Gasteiger partial charge in [-0.15, -0.1) is 0 Å². The minimum atomic E-state index is -0.520. The lowest BCUT2D eigenvalue weighted by Crippen LogP contribution is -2.48. The van der Waals surface area contributed by atoms with Crippen LogP contribution in [0.1, 0.15) is 18.4 Å². The number of ether oxygens (including phenoxy) is 1. The van der Waals surface area contributed by atoms with E-state index >= 15 is 0 Å². The van der Waals surface area contributed by atoms with E-state index in [-0.39, 0.29) is 5.91 Å². The molecule has 0 atom stereocenters. The molecule has 2 N–H and O–H groups in total. The monoisotopic (exact) mass is 311 g/mol. The van der Waals surface area contributed by atoms with Crippen molar-refractivity contribution in [3.8, 4) is 5.88 Å². The molecule has 0 radical (unpaired) electrons. The van der Waals surface area contributed by atoms with Crippen LogP contribution in [0.25, 0.3) is 0 Å². The maximum atomic E-state index is 13.1. The van der Waals surface area contributed by atoms with Crippen LogP contribution in [0.4, 0.5) is 5.69 Å². The fourth-order valence-corrected chi connectivity index (χ4v) is 3.15. The molecule has 0 aliphatic carbocycles. The second-order valence-corrected chi connectivity index (χ2v) is 5.71. The number of carbonyl (C=O) groups is 1. The number of rotatable bonds is 4. The first-order valence-electron chi connectivity index (χ1n) is 7.83. The highest BCUT2D eigenvalue weighted by molar-refractivity contribution is 6.00. The van der Waals surface area contributed by atoms with Gasteiger partial charge in [0.1, 0.15) is 5.69 Å². The molecule has 1 aromatic heterocycles. The van der Waals surface area contributed by atoms with Gasteiger partial charge in [0.25, 0.3) is 0 Å². The zero-order chi connectivity index (χ0) is 16.1. The third-order valence-electron chi connectivity index (χ3n) is 4.43. The Morgan fingerprint density at radius 2 is 1.91 bits per heavy atom. The van der Waals surface area contributed by atoms with E-state index in [9.17, 15) is 4.79 Å². The number of piperidine rings is 1. The summed E-state index contributed by atoms with van der Waals surface area (Å²) in [5.74, 6) is 0.425. The number of pyridine rings is 1. The zero-order valence-corrected chi connectivity index (χ0v) is 13.2. The van der Waals surface area contributed by atoms with Gasteiger partial charge in [-0.25, -0.2) is 4.98 Å². The molecule has 0 unspecified atom stereocenters. The number of hydrogen-bond donors (Lipinski definition) is 2. The zero-order valence-electron chi connectivity index (χ0n) is 13.2. The molecule has 1 aliphatic heterocycles. The standard InChI is InChI=1S/C18H21N3O2/c1-23-16-15(8-5-11-20-16)21-17(22)18(9-12-19-13-10-18)14-6-3-2-4-7-14/h2-8,11,19H,9-10,12-13H2,1H3,(H,21,22). The Hall–Kier alpha value is -2.40. The van der Waals surface area contributed by atoms with Crippen LogP contribution in [0.3, 0.4) is 0 Å². The Morgan fingerprint density at radius 1 is 1.17 bits per heavy atom.